The van der Waals surface area contributed by atoms with Gasteiger partial charge in [-0.15, -0.1) is 0 Å². The second-order valence-electron chi connectivity index (χ2n) is 4.03. The smallest absolute Gasteiger partial charge is 0.271 e. The van der Waals surface area contributed by atoms with Crippen molar-refractivity contribution in [2.75, 3.05) is 14.1 Å². The second kappa shape index (κ2) is 5.86. The van der Waals surface area contributed by atoms with E-state index in [0.717, 1.165) is 11.3 Å². The molecule has 0 unspecified atom stereocenters. The average molecular weight is 279 g/mol. The van der Waals surface area contributed by atoms with Crippen LogP contribution in [-0.4, -0.2) is 29.8 Å². The first-order chi connectivity index (χ1) is 9.15. The van der Waals surface area contributed by atoms with Crippen LogP contribution in [0.25, 0.3) is 5.69 Å². The van der Waals surface area contributed by atoms with Crippen LogP contribution < -0.4 is 10.6 Å². The van der Waals surface area contributed by atoms with E-state index in [9.17, 15) is 4.79 Å². The number of amides is 1. The van der Waals surface area contributed by atoms with E-state index in [4.69, 9.17) is 11.6 Å². The molecule has 1 aromatic carbocycles. The summed E-state index contributed by atoms with van der Waals surface area (Å²) in [6.07, 6.45) is 1.75. The average Bonchev–Trinajstić information content (AvgIpc) is 2.89. The number of rotatable bonds is 4. The predicted molar refractivity (Wildman–Crippen MR) is 74.7 cm³/mol. The number of halogens is 1. The molecule has 19 heavy (non-hydrogen) atoms. The largest absolute Gasteiger partial charge is 0.354 e. The van der Waals surface area contributed by atoms with Crippen LogP contribution in [0.3, 0.4) is 0 Å². The first-order valence-corrected chi connectivity index (χ1v) is 6.24. The van der Waals surface area contributed by atoms with E-state index < -0.39 is 0 Å². The van der Waals surface area contributed by atoms with Gasteiger partial charge >= 0.3 is 0 Å². The van der Waals surface area contributed by atoms with E-state index in [2.05, 4.69) is 15.7 Å². The fraction of sp³-hybridized carbons (Fsp3) is 0.231. The molecule has 1 heterocycles. The van der Waals surface area contributed by atoms with Crippen molar-refractivity contribution in [3.05, 3.63) is 46.7 Å². The highest BCUT2D eigenvalue weighted by atomic mass is 35.5. The van der Waals surface area contributed by atoms with Gasteiger partial charge < -0.3 is 10.6 Å². The molecular weight excluding hydrogens is 264 g/mol. The lowest BCUT2D eigenvalue weighted by Gasteiger charge is -2.09. The maximum Gasteiger partial charge on any atom is 0.271 e. The third kappa shape index (κ3) is 2.94. The molecule has 6 heteroatoms. The third-order valence-corrected chi connectivity index (χ3v) is 2.95. The summed E-state index contributed by atoms with van der Waals surface area (Å²) in [6, 6.07) is 7.27. The van der Waals surface area contributed by atoms with Gasteiger partial charge in [-0.3, -0.25) is 4.79 Å². The van der Waals surface area contributed by atoms with Crippen LogP contribution in [0.15, 0.2) is 30.5 Å². The Bertz CT molecular complexity index is 594. The number of nitrogens with zero attached hydrogens (tertiary/aromatic N) is 2. The van der Waals surface area contributed by atoms with Gasteiger partial charge in [0.2, 0.25) is 0 Å². The predicted octanol–water partition coefficient (Wildman–Crippen LogP) is 1.60. The minimum absolute atomic E-state index is 0.212. The fourth-order valence-electron chi connectivity index (χ4n) is 1.80. The van der Waals surface area contributed by atoms with Gasteiger partial charge in [-0.05, 0) is 30.8 Å². The molecule has 1 aromatic heterocycles. The van der Waals surface area contributed by atoms with Crippen molar-refractivity contribution in [2.45, 2.75) is 6.54 Å². The van der Waals surface area contributed by atoms with Crippen molar-refractivity contribution in [2.24, 2.45) is 0 Å². The topological polar surface area (TPSA) is 59.0 Å². The van der Waals surface area contributed by atoms with Crippen molar-refractivity contribution < 1.29 is 4.79 Å². The van der Waals surface area contributed by atoms with Crippen LogP contribution in [0.2, 0.25) is 5.02 Å². The summed E-state index contributed by atoms with van der Waals surface area (Å²) < 4.78 is 1.66. The van der Waals surface area contributed by atoms with Gasteiger partial charge in [0.15, 0.2) is 5.69 Å². The molecule has 0 bridgehead atoms. The molecular formula is C13H15ClN4O. The molecule has 0 saturated carbocycles. The molecule has 0 saturated heterocycles. The summed E-state index contributed by atoms with van der Waals surface area (Å²) in [5, 5.41) is 10.5. The van der Waals surface area contributed by atoms with Crippen molar-refractivity contribution in [3.63, 3.8) is 0 Å². The van der Waals surface area contributed by atoms with E-state index in [1.807, 2.05) is 25.2 Å². The van der Waals surface area contributed by atoms with Crippen LogP contribution in [0.5, 0.6) is 0 Å². The van der Waals surface area contributed by atoms with E-state index >= 15 is 0 Å². The Morgan fingerprint density at radius 3 is 2.84 bits per heavy atom. The summed E-state index contributed by atoms with van der Waals surface area (Å²) in [5.74, 6) is -0.212. The quantitative estimate of drug-likeness (QED) is 0.893. The Morgan fingerprint density at radius 2 is 2.16 bits per heavy atom. The van der Waals surface area contributed by atoms with Gasteiger partial charge in [0.1, 0.15) is 0 Å². The normalized spacial score (nSPS) is 10.5. The number of carbonyl (C=O) groups is 1. The van der Waals surface area contributed by atoms with Gasteiger partial charge in [0, 0.05) is 24.8 Å². The fourth-order valence-corrected chi connectivity index (χ4v) is 1.96. The number of nitrogens with one attached hydrogen (secondary N) is 2. The minimum atomic E-state index is -0.212. The molecule has 0 atom stereocenters. The molecule has 100 valence electrons. The molecule has 0 aliphatic heterocycles. The van der Waals surface area contributed by atoms with Gasteiger partial charge in [-0.2, -0.15) is 5.10 Å². The first kappa shape index (κ1) is 13.6. The van der Waals surface area contributed by atoms with Crippen molar-refractivity contribution >= 4 is 17.5 Å². The number of hydrogen-bond acceptors (Lipinski definition) is 3. The molecule has 2 rings (SSSR count). The lowest BCUT2D eigenvalue weighted by Crippen LogP contribution is -2.18. The third-order valence-electron chi connectivity index (χ3n) is 2.71. The number of hydrogen-bond donors (Lipinski definition) is 2. The first-order valence-electron chi connectivity index (χ1n) is 5.87. The van der Waals surface area contributed by atoms with E-state index in [1.165, 1.54) is 0 Å². The Labute approximate surface area is 116 Å². The Hall–Kier alpha value is -1.85. The molecule has 0 aliphatic carbocycles. The second-order valence-corrected chi connectivity index (χ2v) is 4.46. The molecule has 5 nitrogen and oxygen atoms in total. The number of aromatic nitrogens is 2. The summed E-state index contributed by atoms with van der Waals surface area (Å²) >= 11 is 6.02. The Morgan fingerprint density at radius 1 is 1.37 bits per heavy atom. The van der Waals surface area contributed by atoms with Gasteiger partial charge in [0.25, 0.3) is 5.91 Å². The van der Waals surface area contributed by atoms with E-state index in [1.54, 1.807) is 24.0 Å². The zero-order valence-corrected chi connectivity index (χ0v) is 11.5. The molecule has 0 radical (unpaired) electrons. The van der Waals surface area contributed by atoms with Crippen LogP contribution >= 0.6 is 11.6 Å². The highest BCUT2D eigenvalue weighted by Gasteiger charge is 2.10. The highest BCUT2D eigenvalue weighted by Crippen LogP contribution is 2.20. The van der Waals surface area contributed by atoms with E-state index in [0.29, 0.717) is 17.3 Å². The standard InChI is InChI=1S/C13H15ClN4O/c1-15-8-9-3-4-10(14)7-12(9)18-6-5-11(17-18)13(19)16-2/h3-7,15H,8H2,1-2H3,(H,16,19). The number of carbonyl (C=O) groups excluding carboxylic acids is 1. The summed E-state index contributed by atoms with van der Waals surface area (Å²) in [6.45, 7) is 0.696. The van der Waals surface area contributed by atoms with Crippen LogP contribution in [-0.2, 0) is 6.54 Å². The molecule has 2 aromatic rings. The molecule has 2 N–H and O–H groups in total. The minimum Gasteiger partial charge on any atom is -0.354 e. The SMILES string of the molecule is CNCc1ccc(Cl)cc1-n1ccc(C(=O)NC)n1. The lowest BCUT2D eigenvalue weighted by molar-refractivity contribution is 0.0957. The van der Waals surface area contributed by atoms with Crippen molar-refractivity contribution in [1.29, 1.82) is 0 Å². The van der Waals surface area contributed by atoms with E-state index in [-0.39, 0.29) is 5.91 Å². The number of benzene rings is 1. The molecule has 1 amide bonds. The summed E-state index contributed by atoms with van der Waals surface area (Å²) in [5.41, 5.74) is 2.29. The van der Waals surface area contributed by atoms with Gasteiger partial charge in [-0.1, -0.05) is 17.7 Å². The van der Waals surface area contributed by atoms with Gasteiger partial charge in [-0.25, -0.2) is 4.68 Å². The van der Waals surface area contributed by atoms with Crippen LogP contribution in [0.1, 0.15) is 16.1 Å². The molecule has 0 spiro atoms. The zero-order valence-electron chi connectivity index (χ0n) is 10.8. The lowest BCUT2D eigenvalue weighted by atomic mass is 10.2. The summed E-state index contributed by atoms with van der Waals surface area (Å²) in [4.78, 5) is 11.5. The highest BCUT2D eigenvalue weighted by molar-refractivity contribution is 6.30. The maximum absolute atomic E-state index is 11.5. The Balaban J connectivity index is 2.42. The molecule has 0 aliphatic rings. The van der Waals surface area contributed by atoms with Crippen LogP contribution in [0.4, 0.5) is 0 Å². The zero-order chi connectivity index (χ0) is 13.8. The maximum atomic E-state index is 11.5. The van der Waals surface area contributed by atoms with Gasteiger partial charge in [0.05, 0.1) is 5.69 Å². The Kier molecular flexibility index (Phi) is 4.19. The monoisotopic (exact) mass is 278 g/mol. The molecule has 0 fully saturated rings. The van der Waals surface area contributed by atoms with Crippen LogP contribution in [0, 0.1) is 0 Å². The van der Waals surface area contributed by atoms with Crippen molar-refractivity contribution in [3.8, 4) is 5.69 Å². The van der Waals surface area contributed by atoms with Crippen molar-refractivity contribution in [1.82, 2.24) is 20.4 Å². The summed E-state index contributed by atoms with van der Waals surface area (Å²) in [7, 11) is 3.45.